The van der Waals surface area contributed by atoms with Crippen molar-refractivity contribution < 1.29 is 0 Å². The van der Waals surface area contributed by atoms with Crippen LogP contribution in [0.2, 0.25) is 0 Å². The highest BCUT2D eigenvalue weighted by atomic mass is 79.9. The largest absolute Gasteiger partial charge is 0.358 e. The lowest BCUT2D eigenvalue weighted by atomic mass is 10.0. The van der Waals surface area contributed by atoms with Crippen molar-refractivity contribution in [2.45, 2.75) is 74.7 Å². The van der Waals surface area contributed by atoms with Gasteiger partial charge in [-0.1, -0.05) is 13.8 Å². The van der Waals surface area contributed by atoms with Gasteiger partial charge in [0.25, 0.3) is 0 Å². The molecule has 0 amide bonds. The molecule has 0 saturated heterocycles. The van der Waals surface area contributed by atoms with Crippen molar-refractivity contribution in [3.05, 3.63) is 78.7 Å². The Kier molecular flexibility index (Phi) is 7.44. The van der Waals surface area contributed by atoms with Crippen LogP contribution in [0.3, 0.4) is 0 Å². The molecule has 2 aromatic rings. The van der Waals surface area contributed by atoms with E-state index in [1.54, 1.807) is 0 Å². The van der Waals surface area contributed by atoms with Gasteiger partial charge in [0, 0.05) is 29.2 Å². The lowest BCUT2D eigenvalue weighted by molar-refractivity contribution is 0.965. The topological polar surface area (TPSA) is 56.3 Å². The summed E-state index contributed by atoms with van der Waals surface area (Å²) in [5.74, 6) is 0. The van der Waals surface area contributed by atoms with Gasteiger partial charge >= 0.3 is 0 Å². The minimum absolute atomic E-state index is 0.849. The molecule has 2 aliphatic heterocycles. The van der Waals surface area contributed by atoms with Crippen LogP contribution in [0, 0.1) is 13.8 Å². The number of aromatic nitrogens is 2. The molecule has 0 bridgehead atoms. The van der Waals surface area contributed by atoms with E-state index in [1.807, 2.05) is 0 Å². The van der Waals surface area contributed by atoms with Crippen LogP contribution >= 0.6 is 31.9 Å². The minimum atomic E-state index is 0.849. The van der Waals surface area contributed by atoms with Gasteiger partial charge in [0.05, 0.1) is 11.4 Å². The third-order valence-corrected chi connectivity index (χ3v) is 9.13. The standard InChI is InChI=1S/C29H34Br2N4/c1-9-20-18(7)24(11-22-14(3)16(5)28(30)34-22)32-26(20)13-27-21(10-2)19(8)25(33-27)12-23-15(4)17(6)29(31)35-23/h11-12,32-33H,9-10,13H2,1-8H3/b22-11-,23-12-. The SMILES string of the molecule is CCc1c(Cc2[nH]c(/C=C3\N=C(Br)C(C)=C3C)c(C)c2CC)[nH]c(/C=C2\N=C(Br)C(C)=C2C)c1C. The van der Waals surface area contributed by atoms with Crippen LogP contribution in [0.1, 0.15) is 86.6 Å². The molecule has 2 aromatic heterocycles. The van der Waals surface area contributed by atoms with Crippen LogP contribution in [0.5, 0.6) is 0 Å². The molecule has 0 radical (unpaired) electrons. The summed E-state index contributed by atoms with van der Waals surface area (Å²) in [7, 11) is 0. The van der Waals surface area contributed by atoms with Gasteiger partial charge in [0.2, 0.25) is 0 Å². The van der Waals surface area contributed by atoms with E-state index in [0.29, 0.717) is 0 Å². The summed E-state index contributed by atoms with van der Waals surface area (Å²) in [6, 6.07) is 0. The highest BCUT2D eigenvalue weighted by Crippen LogP contribution is 2.33. The Bertz CT molecular complexity index is 1290. The van der Waals surface area contributed by atoms with E-state index < -0.39 is 0 Å². The number of hydrogen-bond donors (Lipinski definition) is 2. The molecular formula is C29H34Br2N4. The predicted molar refractivity (Wildman–Crippen MR) is 158 cm³/mol. The van der Waals surface area contributed by atoms with Crippen molar-refractivity contribution >= 4 is 53.3 Å². The number of hydrogen-bond acceptors (Lipinski definition) is 2. The molecule has 0 fully saturated rings. The van der Waals surface area contributed by atoms with Gasteiger partial charge in [-0.25, -0.2) is 9.98 Å². The van der Waals surface area contributed by atoms with Gasteiger partial charge in [0.15, 0.2) is 0 Å². The van der Waals surface area contributed by atoms with E-state index in [1.165, 1.54) is 55.9 Å². The molecule has 35 heavy (non-hydrogen) atoms. The van der Waals surface area contributed by atoms with Crippen LogP contribution in [0.25, 0.3) is 12.2 Å². The second-order valence-electron chi connectivity index (χ2n) is 9.49. The zero-order valence-corrected chi connectivity index (χ0v) is 25.1. The Morgan fingerprint density at radius 3 is 1.29 bits per heavy atom. The second-order valence-corrected chi connectivity index (χ2v) is 11.0. The molecule has 2 N–H and O–H groups in total. The van der Waals surface area contributed by atoms with Gasteiger partial charge in [-0.2, -0.15) is 0 Å². The maximum Gasteiger partial charge on any atom is 0.110 e. The van der Waals surface area contributed by atoms with Gasteiger partial charge in [0.1, 0.15) is 9.24 Å². The van der Waals surface area contributed by atoms with Crippen molar-refractivity contribution in [3.63, 3.8) is 0 Å². The zero-order chi connectivity index (χ0) is 25.6. The van der Waals surface area contributed by atoms with E-state index in [-0.39, 0.29) is 0 Å². The highest BCUT2D eigenvalue weighted by Gasteiger charge is 2.21. The van der Waals surface area contributed by atoms with Gasteiger partial charge in [-0.05, 0) is 143 Å². The summed E-state index contributed by atoms with van der Waals surface area (Å²) >= 11 is 7.16. The molecule has 0 aliphatic carbocycles. The fourth-order valence-corrected chi connectivity index (χ4v) is 5.94. The molecular weight excluding hydrogens is 564 g/mol. The maximum atomic E-state index is 4.71. The van der Waals surface area contributed by atoms with Crippen LogP contribution in [0.15, 0.2) is 43.7 Å². The third-order valence-electron chi connectivity index (χ3n) is 7.59. The summed E-state index contributed by atoms with van der Waals surface area (Å²) in [6.45, 7) is 17.4. The van der Waals surface area contributed by atoms with Crippen LogP contribution in [0.4, 0.5) is 0 Å². The molecule has 0 unspecified atom stereocenters. The third kappa shape index (κ3) is 4.67. The molecule has 0 spiro atoms. The zero-order valence-electron chi connectivity index (χ0n) is 21.9. The van der Waals surface area contributed by atoms with Crippen molar-refractivity contribution in [1.82, 2.24) is 9.97 Å². The number of rotatable bonds is 6. The number of nitrogens with one attached hydrogen (secondary N) is 2. The second kappa shape index (κ2) is 10.1. The smallest absolute Gasteiger partial charge is 0.110 e. The fraction of sp³-hybridized carbons (Fsp3) is 0.379. The monoisotopic (exact) mass is 596 g/mol. The Morgan fingerprint density at radius 1 is 0.629 bits per heavy atom. The van der Waals surface area contributed by atoms with E-state index >= 15 is 0 Å². The van der Waals surface area contributed by atoms with Crippen LogP contribution < -0.4 is 0 Å². The molecule has 4 nitrogen and oxygen atoms in total. The van der Waals surface area contributed by atoms with Gasteiger partial charge < -0.3 is 9.97 Å². The summed E-state index contributed by atoms with van der Waals surface area (Å²) in [5, 5.41) is 0. The predicted octanol–water partition coefficient (Wildman–Crippen LogP) is 8.64. The molecule has 2 aliphatic rings. The van der Waals surface area contributed by atoms with Gasteiger partial charge in [-0.15, -0.1) is 0 Å². The average Bonchev–Trinajstić information content (AvgIpc) is 3.45. The van der Waals surface area contributed by atoms with E-state index in [4.69, 9.17) is 9.98 Å². The highest BCUT2D eigenvalue weighted by molar-refractivity contribution is 9.18. The van der Waals surface area contributed by atoms with Crippen molar-refractivity contribution in [2.75, 3.05) is 0 Å². The van der Waals surface area contributed by atoms with Crippen molar-refractivity contribution in [3.8, 4) is 0 Å². The molecule has 0 aromatic carbocycles. The first-order chi connectivity index (χ1) is 16.6. The normalized spacial score (nSPS) is 18.6. The molecule has 4 heterocycles. The van der Waals surface area contributed by atoms with Crippen molar-refractivity contribution in [1.29, 1.82) is 0 Å². The molecule has 184 valence electrons. The van der Waals surface area contributed by atoms with E-state index in [0.717, 1.165) is 51.3 Å². The number of allylic oxidation sites excluding steroid dienone is 4. The number of aromatic amines is 2. The van der Waals surface area contributed by atoms with Crippen molar-refractivity contribution in [2.24, 2.45) is 9.98 Å². The molecule has 4 rings (SSSR count). The Labute approximate surface area is 225 Å². The Balaban J connectivity index is 1.73. The maximum absolute atomic E-state index is 4.71. The van der Waals surface area contributed by atoms with E-state index in [9.17, 15) is 0 Å². The van der Waals surface area contributed by atoms with Crippen LogP contribution in [-0.4, -0.2) is 19.2 Å². The number of aliphatic imine (C=N–C) groups is 2. The summed E-state index contributed by atoms with van der Waals surface area (Å²) in [6.07, 6.45) is 7.21. The lowest BCUT2D eigenvalue weighted by Crippen LogP contribution is -1.97. The van der Waals surface area contributed by atoms with E-state index in [2.05, 4.69) is 109 Å². The first-order valence-corrected chi connectivity index (χ1v) is 13.8. The summed E-state index contributed by atoms with van der Waals surface area (Å²) in [4.78, 5) is 16.9. The summed E-state index contributed by atoms with van der Waals surface area (Å²) in [5.41, 5.74) is 17.1. The lowest BCUT2D eigenvalue weighted by Gasteiger charge is -2.05. The van der Waals surface area contributed by atoms with Gasteiger partial charge in [-0.3, -0.25) is 0 Å². The summed E-state index contributed by atoms with van der Waals surface area (Å²) < 4.78 is 1.85. The van der Waals surface area contributed by atoms with Crippen LogP contribution in [-0.2, 0) is 19.3 Å². The molecule has 6 heteroatoms. The minimum Gasteiger partial charge on any atom is -0.358 e. The first-order valence-electron chi connectivity index (χ1n) is 12.3. The Hall–Kier alpha value is -2.18. The number of nitrogens with zero attached hydrogens (tertiary/aromatic N) is 2. The Morgan fingerprint density at radius 2 is 1.00 bits per heavy atom. The first kappa shape index (κ1) is 25.9. The number of halogens is 2. The average molecular weight is 598 g/mol. The fourth-order valence-electron chi connectivity index (χ4n) is 4.96. The number of H-pyrrole nitrogens is 2. The molecule has 0 atom stereocenters. The quantitative estimate of drug-likeness (QED) is 0.335. The molecule has 0 saturated carbocycles.